The van der Waals surface area contributed by atoms with E-state index in [0.717, 1.165) is 61.4 Å². The summed E-state index contributed by atoms with van der Waals surface area (Å²) in [6.07, 6.45) is 0. The van der Waals surface area contributed by atoms with Gasteiger partial charge in [-0.25, -0.2) is 4.98 Å². The lowest BCUT2D eigenvalue weighted by molar-refractivity contribution is 0.619. The Morgan fingerprint density at radius 2 is 0.903 bits per heavy atom. The highest BCUT2D eigenvalue weighted by atomic mass is 16.3. The summed E-state index contributed by atoms with van der Waals surface area (Å²) in [6.45, 7) is 1.17. The summed E-state index contributed by atoms with van der Waals surface area (Å²) in [5.41, 5.74) is 15.2. The molecule has 2 aromatic heterocycles. The summed E-state index contributed by atoms with van der Waals surface area (Å²) in [4.78, 5) is 10.0. The molecular weight excluding hydrogens is 759 g/mol. The number of nitrogens with zero attached hydrogens (tertiary/aromatic N) is 3. The molecule has 0 unspecified atom stereocenters. The highest BCUT2D eigenvalue weighted by Gasteiger charge is 2.24. The fourth-order valence-corrected chi connectivity index (χ4v) is 8.65. The monoisotopic (exact) mass is 799 g/mol. The number of hydrogen-bond donors (Lipinski definition) is 0. The van der Waals surface area contributed by atoms with E-state index in [1.165, 1.54) is 33.4 Å². The van der Waals surface area contributed by atoms with Gasteiger partial charge in [-0.15, -0.1) is 0 Å². The van der Waals surface area contributed by atoms with Gasteiger partial charge in [-0.1, -0.05) is 164 Å². The van der Waals surface area contributed by atoms with Crippen LogP contribution in [0.3, 0.4) is 0 Å². The van der Waals surface area contributed by atoms with Crippen LogP contribution in [0.15, 0.2) is 233 Å². The molecule has 0 spiro atoms. The van der Waals surface area contributed by atoms with Crippen molar-refractivity contribution in [2.45, 2.75) is 13.1 Å². The second-order valence-electron chi connectivity index (χ2n) is 15.5. The van der Waals surface area contributed by atoms with Crippen molar-refractivity contribution in [3.05, 3.63) is 236 Å². The van der Waals surface area contributed by atoms with Crippen molar-refractivity contribution in [1.82, 2.24) is 4.98 Å². The molecule has 0 saturated heterocycles. The first-order valence-electron chi connectivity index (χ1n) is 21.0. The predicted molar refractivity (Wildman–Crippen MR) is 255 cm³/mol. The van der Waals surface area contributed by atoms with E-state index in [9.17, 15) is 0 Å². The number of anilines is 4. The van der Waals surface area contributed by atoms with Crippen molar-refractivity contribution in [2.75, 3.05) is 9.80 Å². The molecular formula is C57H41N3O2. The largest absolute Gasteiger partial charge is 0.456 e. The highest BCUT2D eigenvalue weighted by Crippen LogP contribution is 2.43. The molecule has 11 aromatic rings. The van der Waals surface area contributed by atoms with Crippen molar-refractivity contribution >= 4 is 55.8 Å². The first-order valence-corrected chi connectivity index (χ1v) is 21.0. The van der Waals surface area contributed by atoms with Crippen molar-refractivity contribution in [1.29, 1.82) is 0 Å². The molecule has 0 saturated carbocycles. The fourth-order valence-electron chi connectivity index (χ4n) is 8.65. The van der Waals surface area contributed by atoms with Crippen LogP contribution in [0.4, 0.5) is 22.7 Å². The summed E-state index contributed by atoms with van der Waals surface area (Å²) >= 11 is 0. The third-order valence-electron chi connectivity index (χ3n) is 11.7. The van der Waals surface area contributed by atoms with Crippen LogP contribution in [0, 0.1) is 0 Å². The van der Waals surface area contributed by atoms with Crippen molar-refractivity contribution in [3.8, 4) is 33.7 Å². The van der Waals surface area contributed by atoms with Gasteiger partial charge >= 0.3 is 0 Å². The lowest BCUT2D eigenvalue weighted by Gasteiger charge is -2.30. The second kappa shape index (κ2) is 16.1. The van der Waals surface area contributed by atoms with Gasteiger partial charge in [-0.2, -0.15) is 0 Å². The Kier molecular flexibility index (Phi) is 9.60. The standard InChI is InChI=1S/C57H41N3O2/c1-5-19-40(20-6-1)48-29-15-13-25-43(48)38-59(46-33-34-55-51(35-46)50-31-17-18-32-54(50)61-55)47-36-52-56(62-57(58-52)42-23-9-3-10-24-42)53(37-47)60(45-27-11-4-12-28-45)39-44-26-14-16-30-49(44)41-21-7-2-8-22-41/h1-37H,38-39H2. The van der Waals surface area contributed by atoms with Gasteiger partial charge in [0.1, 0.15) is 16.7 Å². The Hall–Kier alpha value is -8.15. The Morgan fingerprint density at radius 3 is 1.56 bits per heavy atom. The third-order valence-corrected chi connectivity index (χ3v) is 11.7. The van der Waals surface area contributed by atoms with Crippen molar-refractivity contribution < 1.29 is 8.83 Å². The Morgan fingerprint density at radius 1 is 0.371 bits per heavy atom. The zero-order valence-corrected chi connectivity index (χ0v) is 33.9. The van der Waals surface area contributed by atoms with Gasteiger partial charge in [-0.3, -0.25) is 0 Å². The molecule has 11 rings (SSSR count). The smallest absolute Gasteiger partial charge is 0.227 e. The molecule has 0 fully saturated rings. The number of hydrogen-bond acceptors (Lipinski definition) is 5. The van der Waals surface area contributed by atoms with Crippen LogP contribution in [-0.4, -0.2) is 4.98 Å². The van der Waals surface area contributed by atoms with E-state index in [1.807, 2.05) is 42.5 Å². The first-order chi connectivity index (χ1) is 30.7. The number of fused-ring (bicyclic) bond motifs is 4. The average Bonchev–Trinajstić information content (AvgIpc) is 3.95. The lowest BCUT2D eigenvalue weighted by Crippen LogP contribution is -2.20. The van der Waals surface area contributed by atoms with Gasteiger partial charge in [0, 0.05) is 46.5 Å². The molecule has 5 heteroatoms. The van der Waals surface area contributed by atoms with Crippen LogP contribution in [-0.2, 0) is 13.1 Å². The van der Waals surface area contributed by atoms with Crippen molar-refractivity contribution in [2.24, 2.45) is 0 Å². The highest BCUT2D eigenvalue weighted by molar-refractivity contribution is 6.06. The van der Waals surface area contributed by atoms with E-state index in [1.54, 1.807) is 0 Å². The zero-order valence-electron chi connectivity index (χ0n) is 33.9. The molecule has 0 aliphatic carbocycles. The molecule has 0 amide bonds. The van der Waals surface area contributed by atoms with E-state index >= 15 is 0 Å². The molecule has 0 bridgehead atoms. The van der Waals surface area contributed by atoms with Crippen LogP contribution >= 0.6 is 0 Å². The van der Waals surface area contributed by atoms with E-state index in [-0.39, 0.29) is 0 Å². The SMILES string of the molecule is c1ccc(-c2nc3cc(N(Cc4ccccc4-c4ccccc4)c4ccc5oc6ccccc6c5c4)cc(N(Cc4ccccc4-c4ccccc4)c4ccccc4)c3o2)cc1. The van der Waals surface area contributed by atoms with E-state index < -0.39 is 0 Å². The number of benzene rings is 9. The van der Waals surface area contributed by atoms with Gasteiger partial charge < -0.3 is 18.6 Å². The minimum Gasteiger partial charge on any atom is -0.456 e. The Labute approximate surface area is 360 Å². The summed E-state index contributed by atoms with van der Waals surface area (Å²) in [5.74, 6) is 0.573. The molecule has 296 valence electrons. The Balaban J connectivity index is 1.15. The van der Waals surface area contributed by atoms with Gasteiger partial charge in [-0.05, 0) is 94.0 Å². The quantitative estimate of drug-likeness (QED) is 0.130. The van der Waals surface area contributed by atoms with Crippen LogP contribution in [0.1, 0.15) is 11.1 Å². The maximum atomic E-state index is 6.89. The van der Waals surface area contributed by atoms with Crippen LogP contribution in [0.5, 0.6) is 0 Å². The number of rotatable bonds is 11. The first kappa shape index (κ1) is 36.9. The van der Waals surface area contributed by atoms with Gasteiger partial charge in [0.15, 0.2) is 5.58 Å². The average molecular weight is 800 g/mol. The molecule has 0 aliphatic rings. The Bertz CT molecular complexity index is 3300. The third kappa shape index (κ3) is 7.06. The second-order valence-corrected chi connectivity index (χ2v) is 15.5. The maximum absolute atomic E-state index is 6.89. The van der Waals surface area contributed by atoms with Crippen molar-refractivity contribution in [3.63, 3.8) is 0 Å². The van der Waals surface area contributed by atoms with Gasteiger partial charge in [0.2, 0.25) is 5.89 Å². The fraction of sp³-hybridized carbons (Fsp3) is 0.0351. The molecule has 9 aromatic carbocycles. The molecule has 0 atom stereocenters. The van der Waals surface area contributed by atoms with E-state index in [2.05, 4.69) is 192 Å². The maximum Gasteiger partial charge on any atom is 0.227 e. The summed E-state index contributed by atoms with van der Waals surface area (Å²) in [7, 11) is 0. The molecule has 0 aliphatic heterocycles. The minimum absolute atomic E-state index is 0.573. The number of aromatic nitrogens is 1. The van der Waals surface area contributed by atoms with E-state index in [4.69, 9.17) is 13.8 Å². The van der Waals surface area contributed by atoms with Gasteiger partial charge in [0.25, 0.3) is 0 Å². The lowest BCUT2D eigenvalue weighted by atomic mass is 9.98. The zero-order chi connectivity index (χ0) is 41.2. The molecule has 62 heavy (non-hydrogen) atoms. The van der Waals surface area contributed by atoms with Crippen LogP contribution in [0.2, 0.25) is 0 Å². The molecule has 0 radical (unpaired) electrons. The molecule has 5 nitrogen and oxygen atoms in total. The van der Waals surface area contributed by atoms with Gasteiger partial charge in [0.05, 0.1) is 5.69 Å². The molecule has 0 N–H and O–H groups in total. The topological polar surface area (TPSA) is 45.7 Å². The van der Waals surface area contributed by atoms with Crippen LogP contribution < -0.4 is 9.80 Å². The van der Waals surface area contributed by atoms with Crippen LogP contribution in [0.25, 0.3) is 66.7 Å². The minimum atomic E-state index is 0.573. The summed E-state index contributed by atoms with van der Waals surface area (Å²) in [6, 6.07) is 78.7. The summed E-state index contributed by atoms with van der Waals surface area (Å²) in [5, 5.41) is 2.15. The van der Waals surface area contributed by atoms with E-state index in [0.29, 0.717) is 19.0 Å². The number of para-hydroxylation sites is 2. The normalized spacial score (nSPS) is 11.4. The number of oxazole rings is 1. The summed E-state index contributed by atoms with van der Waals surface area (Å²) < 4.78 is 13.2. The predicted octanol–water partition coefficient (Wildman–Crippen LogP) is 15.4. The molecule has 2 heterocycles. The number of furan rings is 1.